The number of carbonyl (C=O) groups excluding carboxylic acids is 2. The number of rotatable bonds is 5. The molecule has 1 unspecified atom stereocenters. The second kappa shape index (κ2) is 6.93. The summed E-state index contributed by atoms with van der Waals surface area (Å²) in [5.41, 5.74) is 0.982. The molecule has 3 aromatic rings. The molecule has 0 spiro atoms. The molecule has 2 heterocycles. The van der Waals surface area contributed by atoms with Gasteiger partial charge in [-0.2, -0.15) is 0 Å². The number of ether oxygens (including phenoxy) is 1. The van der Waals surface area contributed by atoms with Gasteiger partial charge in [0.25, 0.3) is 5.91 Å². The molecule has 23 heavy (non-hydrogen) atoms. The van der Waals surface area contributed by atoms with Gasteiger partial charge in [-0.15, -0.1) is 22.7 Å². The summed E-state index contributed by atoms with van der Waals surface area (Å²) in [7, 11) is 0. The Morgan fingerprint density at radius 3 is 2.78 bits per heavy atom. The van der Waals surface area contributed by atoms with Gasteiger partial charge >= 0.3 is 5.97 Å². The van der Waals surface area contributed by atoms with Crippen LogP contribution in [0, 0.1) is 0 Å². The number of nitrogens with one attached hydrogen (secondary N) is 1. The standard InChI is InChI=1S/C17H15NO3S2/c1-11(18-16(19)15-7-4-8-22-15)17(20)21-9-12-10-23-14-6-3-2-5-13(12)14/h2-8,10-11H,9H2,1H3,(H,18,19). The van der Waals surface area contributed by atoms with Crippen LogP contribution >= 0.6 is 22.7 Å². The van der Waals surface area contributed by atoms with Gasteiger partial charge in [0.1, 0.15) is 12.6 Å². The third kappa shape index (κ3) is 3.60. The maximum absolute atomic E-state index is 12.0. The maximum atomic E-state index is 12.0. The lowest BCUT2D eigenvalue weighted by Gasteiger charge is -2.12. The first-order chi connectivity index (χ1) is 11.1. The molecule has 1 atom stereocenters. The molecule has 6 heteroatoms. The van der Waals surface area contributed by atoms with Crippen LogP contribution in [-0.4, -0.2) is 17.9 Å². The molecule has 1 aromatic carbocycles. The third-order valence-electron chi connectivity index (χ3n) is 3.38. The Bertz CT molecular complexity index is 823. The van der Waals surface area contributed by atoms with Crippen LogP contribution in [0.15, 0.2) is 47.2 Å². The fourth-order valence-corrected chi connectivity index (χ4v) is 3.73. The van der Waals surface area contributed by atoms with Crippen molar-refractivity contribution < 1.29 is 14.3 Å². The minimum absolute atomic E-state index is 0.210. The highest BCUT2D eigenvalue weighted by atomic mass is 32.1. The molecule has 118 valence electrons. The average Bonchev–Trinajstić information content (AvgIpc) is 3.22. The maximum Gasteiger partial charge on any atom is 0.328 e. The zero-order valence-corrected chi connectivity index (χ0v) is 14.1. The highest BCUT2D eigenvalue weighted by Crippen LogP contribution is 2.26. The van der Waals surface area contributed by atoms with Crippen LogP contribution in [-0.2, 0) is 16.1 Å². The highest BCUT2D eigenvalue weighted by molar-refractivity contribution is 7.17. The van der Waals surface area contributed by atoms with Crippen molar-refractivity contribution in [1.82, 2.24) is 5.32 Å². The van der Waals surface area contributed by atoms with Gasteiger partial charge in [0.05, 0.1) is 4.88 Å². The lowest BCUT2D eigenvalue weighted by atomic mass is 10.2. The summed E-state index contributed by atoms with van der Waals surface area (Å²) in [6.45, 7) is 1.83. The van der Waals surface area contributed by atoms with E-state index in [1.807, 2.05) is 35.0 Å². The van der Waals surface area contributed by atoms with E-state index in [9.17, 15) is 9.59 Å². The SMILES string of the molecule is CC(NC(=O)c1cccs1)C(=O)OCc1csc2ccccc12. The van der Waals surface area contributed by atoms with E-state index in [4.69, 9.17) is 4.74 Å². The normalized spacial score (nSPS) is 12.0. The molecule has 0 radical (unpaired) electrons. The van der Waals surface area contributed by atoms with Crippen molar-refractivity contribution in [3.05, 3.63) is 57.6 Å². The quantitative estimate of drug-likeness (QED) is 0.715. The van der Waals surface area contributed by atoms with Gasteiger partial charge in [-0.25, -0.2) is 4.79 Å². The number of hydrogen-bond acceptors (Lipinski definition) is 5. The van der Waals surface area contributed by atoms with Gasteiger partial charge in [0.15, 0.2) is 0 Å². The van der Waals surface area contributed by atoms with Crippen LogP contribution in [0.3, 0.4) is 0 Å². The van der Waals surface area contributed by atoms with Crippen LogP contribution in [0.1, 0.15) is 22.2 Å². The Kier molecular flexibility index (Phi) is 4.73. The molecule has 0 fully saturated rings. The smallest absolute Gasteiger partial charge is 0.328 e. The number of esters is 1. The second-order valence-corrected chi connectivity index (χ2v) is 6.90. The Balaban J connectivity index is 1.57. The van der Waals surface area contributed by atoms with Gasteiger partial charge in [0.2, 0.25) is 0 Å². The van der Waals surface area contributed by atoms with Gasteiger partial charge < -0.3 is 10.1 Å². The number of benzene rings is 1. The van der Waals surface area contributed by atoms with Crippen molar-refractivity contribution in [2.24, 2.45) is 0 Å². The molecule has 2 aromatic heterocycles. The molecular formula is C17H15NO3S2. The number of thiophene rings is 2. The number of carbonyl (C=O) groups is 2. The molecule has 0 aliphatic rings. The van der Waals surface area contributed by atoms with Crippen LogP contribution in [0.25, 0.3) is 10.1 Å². The van der Waals surface area contributed by atoms with Crippen molar-refractivity contribution in [3.8, 4) is 0 Å². The molecule has 4 nitrogen and oxygen atoms in total. The number of amides is 1. The monoisotopic (exact) mass is 345 g/mol. The Morgan fingerprint density at radius 1 is 1.17 bits per heavy atom. The van der Waals surface area contributed by atoms with Crippen molar-refractivity contribution in [1.29, 1.82) is 0 Å². The summed E-state index contributed by atoms with van der Waals surface area (Å²) < 4.78 is 6.50. The lowest BCUT2D eigenvalue weighted by Crippen LogP contribution is -2.39. The minimum atomic E-state index is -0.686. The van der Waals surface area contributed by atoms with E-state index in [0.717, 1.165) is 15.6 Å². The van der Waals surface area contributed by atoms with E-state index in [-0.39, 0.29) is 12.5 Å². The molecule has 3 rings (SSSR count). The Morgan fingerprint density at radius 2 is 2.00 bits per heavy atom. The number of fused-ring (bicyclic) bond motifs is 1. The zero-order valence-electron chi connectivity index (χ0n) is 12.4. The van der Waals surface area contributed by atoms with E-state index < -0.39 is 12.0 Å². The van der Waals surface area contributed by atoms with Crippen LogP contribution in [0.4, 0.5) is 0 Å². The topological polar surface area (TPSA) is 55.4 Å². The van der Waals surface area contributed by atoms with Crippen LogP contribution in [0.5, 0.6) is 0 Å². The fourth-order valence-electron chi connectivity index (χ4n) is 2.15. The van der Waals surface area contributed by atoms with E-state index in [0.29, 0.717) is 4.88 Å². The van der Waals surface area contributed by atoms with Gasteiger partial charge in [0, 0.05) is 10.3 Å². The fraction of sp³-hybridized carbons (Fsp3) is 0.176. The van der Waals surface area contributed by atoms with Crippen LogP contribution in [0.2, 0.25) is 0 Å². The predicted molar refractivity (Wildman–Crippen MR) is 92.9 cm³/mol. The van der Waals surface area contributed by atoms with Gasteiger partial charge in [-0.1, -0.05) is 24.3 Å². The molecule has 0 aliphatic heterocycles. The molecule has 1 N–H and O–H groups in total. The summed E-state index contributed by atoms with van der Waals surface area (Å²) >= 11 is 2.96. The van der Waals surface area contributed by atoms with Gasteiger partial charge in [-0.3, -0.25) is 4.79 Å². The van der Waals surface area contributed by atoms with Gasteiger partial charge in [-0.05, 0) is 35.2 Å². The Labute approximate surface area is 141 Å². The van der Waals surface area contributed by atoms with Crippen molar-refractivity contribution >= 4 is 44.6 Å². The van der Waals surface area contributed by atoms with Crippen LogP contribution < -0.4 is 5.32 Å². The average molecular weight is 345 g/mol. The minimum Gasteiger partial charge on any atom is -0.459 e. The lowest BCUT2D eigenvalue weighted by molar-refractivity contribution is -0.146. The summed E-state index contributed by atoms with van der Waals surface area (Å²) in [5, 5.41) is 7.56. The molecular weight excluding hydrogens is 330 g/mol. The molecule has 0 aliphatic carbocycles. The van der Waals surface area contributed by atoms with E-state index in [2.05, 4.69) is 5.32 Å². The summed E-state index contributed by atoms with van der Waals surface area (Å²) in [6, 6.07) is 10.8. The molecule has 0 saturated heterocycles. The van der Waals surface area contributed by atoms with E-state index >= 15 is 0 Å². The second-order valence-electron chi connectivity index (χ2n) is 5.04. The van der Waals surface area contributed by atoms with Crippen molar-refractivity contribution in [2.45, 2.75) is 19.6 Å². The van der Waals surface area contributed by atoms with Crippen molar-refractivity contribution in [2.75, 3.05) is 0 Å². The first kappa shape index (κ1) is 15.7. The largest absolute Gasteiger partial charge is 0.459 e. The van der Waals surface area contributed by atoms with E-state index in [1.165, 1.54) is 11.3 Å². The van der Waals surface area contributed by atoms with E-state index in [1.54, 1.807) is 30.4 Å². The molecule has 0 saturated carbocycles. The summed E-state index contributed by atoms with van der Waals surface area (Å²) in [4.78, 5) is 24.5. The molecule has 0 bridgehead atoms. The highest BCUT2D eigenvalue weighted by Gasteiger charge is 2.19. The number of hydrogen-bond donors (Lipinski definition) is 1. The predicted octanol–water partition coefficient (Wildman–Crippen LogP) is 3.82. The summed E-state index contributed by atoms with van der Waals surface area (Å²) in [6.07, 6.45) is 0. The third-order valence-corrected chi connectivity index (χ3v) is 5.26. The van der Waals surface area contributed by atoms with Crippen molar-refractivity contribution in [3.63, 3.8) is 0 Å². The first-order valence-corrected chi connectivity index (χ1v) is 8.87. The molecule has 1 amide bonds. The first-order valence-electron chi connectivity index (χ1n) is 7.11. The summed E-state index contributed by atoms with van der Waals surface area (Å²) in [5.74, 6) is -0.698. The Hall–Kier alpha value is -2.18. The zero-order chi connectivity index (χ0) is 16.2.